The first-order valence-corrected chi connectivity index (χ1v) is 11.7. The lowest BCUT2D eigenvalue weighted by molar-refractivity contribution is -0.646. The fourth-order valence-corrected chi connectivity index (χ4v) is 4.42. The molecule has 1 saturated heterocycles. The molecule has 0 spiro atoms. The zero-order valence-electron chi connectivity index (χ0n) is 19.0. The van der Waals surface area contributed by atoms with E-state index in [0.717, 1.165) is 17.7 Å². The molecule has 32 heavy (non-hydrogen) atoms. The van der Waals surface area contributed by atoms with Crippen LogP contribution in [-0.4, -0.2) is 81.9 Å². The number of rotatable bonds is 10. The molecule has 2 amide bonds. The Balaban J connectivity index is 1.72. The summed E-state index contributed by atoms with van der Waals surface area (Å²) in [7, 11) is 3.37. The van der Waals surface area contributed by atoms with Gasteiger partial charge in [-0.15, -0.1) is 5.10 Å². The van der Waals surface area contributed by atoms with E-state index in [1.807, 2.05) is 42.3 Å². The van der Waals surface area contributed by atoms with Crippen LogP contribution in [0.25, 0.3) is 0 Å². The molecule has 1 aromatic carbocycles. The quantitative estimate of drug-likeness (QED) is 0.507. The molecule has 1 fully saturated rings. The van der Waals surface area contributed by atoms with Crippen LogP contribution in [0.15, 0.2) is 40.4 Å². The molecule has 0 bridgehead atoms. The lowest BCUT2D eigenvalue weighted by Gasteiger charge is -2.31. The summed E-state index contributed by atoms with van der Waals surface area (Å²) in [4.78, 5) is 28.8. The van der Waals surface area contributed by atoms with Gasteiger partial charge < -0.3 is 20.3 Å². The standard InChI is InChI=1S/C21H31N7O3S/c1-14(22-3)19(29)23-18(15(2)31-4)20(30)27-12-8-9-16(27)13-28-21(24-25-26-28)32-17-10-6-5-7-11-17/h5-7,10-11,14-16,18,22H,8-9,12-13H2,1-4H3,(H,23,29)/p+1/t14-,15+,16-,18-/m0/s1. The van der Waals surface area contributed by atoms with Crippen molar-refractivity contribution in [2.24, 2.45) is 0 Å². The minimum Gasteiger partial charge on any atom is -0.379 e. The molecule has 2 heterocycles. The van der Waals surface area contributed by atoms with Crippen LogP contribution < -0.4 is 10.6 Å². The summed E-state index contributed by atoms with van der Waals surface area (Å²) in [6.07, 6.45) is 1.29. The Morgan fingerprint density at radius 1 is 1.31 bits per heavy atom. The molecule has 10 nitrogen and oxygen atoms in total. The van der Waals surface area contributed by atoms with Crippen molar-refractivity contribution in [2.75, 3.05) is 20.7 Å². The smallest absolute Gasteiger partial charge is 0.278 e. The highest BCUT2D eigenvalue weighted by atomic mass is 32.2. The van der Waals surface area contributed by atoms with Gasteiger partial charge >= 0.3 is 0 Å². The van der Waals surface area contributed by atoms with Crippen LogP contribution in [0.1, 0.15) is 26.7 Å². The number of ether oxygens (including phenoxy) is 1. The number of nitrogens with zero attached hydrogens (tertiary/aromatic N) is 5. The lowest BCUT2D eigenvalue weighted by Crippen LogP contribution is -2.88. The summed E-state index contributed by atoms with van der Waals surface area (Å²) in [6, 6.07) is 8.81. The molecule has 3 rings (SSSR count). The fourth-order valence-electron chi connectivity index (χ4n) is 3.62. The van der Waals surface area contributed by atoms with E-state index in [1.54, 1.807) is 31.0 Å². The number of nitrogens with two attached hydrogens (primary N) is 1. The van der Waals surface area contributed by atoms with Crippen molar-refractivity contribution in [3.05, 3.63) is 30.3 Å². The number of benzene rings is 1. The van der Waals surface area contributed by atoms with Crippen molar-refractivity contribution < 1.29 is 19.6 Å². The predicted molar refractivity (Wildman–Crippen MR) is 119 cm³/mol. The first-order chi connectivity index (χ1) is 15.4. The number of hydrogen-bond acceptors (Lipinski definition) is 7. The van der Waals surface area contributed by atoms with Crippen molar-refractivity contribution >= 4 is 23.6 Å². The van der Waals surface area contributed by atoms with Crippen molar-refractivity contribution in [1.82, 2.24) is 30.4 Å². The second kappa shape index (κ2) is 11.4. The fraction of sp³-hybridized carbons (Fsp3) is 0.571. The van der Waals surface area contributed by atoms with Crippen LogP contribution in [0.3, 0.4) is 0 Å². The molecular weight excluding hydrogens is 430 g/mol. The van der Waals surface area contributed by atoms with Crippen LogP contribution in [0.4, 0.5) is 0 Å². The minimum atomic E-state index is -0.748. The summed E-state index contributed by atoms with van der Waals surface area (Å²) in [6.45, 7) is 4.72. The number of hydrogen-bond donors (Lipinski definition) is 2. The second-order valence-electron chi connectivity index (χ2n) is 7.94. The number of methoxy groups -OCH3 is 1. The van der Waals surface area contributed by atoms with Gasteiger partial charge in [-0.25, -0.2) is 4.68 Å². The van der Waals surface area contributed by atoms with Crippen molar-refractivity contribution in [2.45, 2.75) is 67.5 Å². The molecule has 0 saturated carbocycles. The van der Waals surface area contributed by atoms with Gasteiger partial charge in [-0.05, 0) is 61.0 Å². The van der Waals surface area contributed by atoms with Gasteiger partial charge in [0.1, 0.15) is 6.04 Å². The van der Waals surface area contributed by atoms with Crippen LogP contribution in [0, 0.1) is 0 Å². The number of likely N-dealkylation sites (tertiary alicyclic amines) is 1. The highest BCUT2D eigenvalue weighted by Gasteiger charge is 2.38. The Labute approximate surface area is 192 Å². The molecule has 3 N–H and O–H groups in total. The summed E-state index contributed by atoms with van der Waals surface area (Å²) in [5.74, 6) is -0.323. The summed E-state index contributed by atoms with van der Waals surface area (Å²) < 4.78 is 7.17. The first-order valence-electron chi connectivity index (χ1n) is 10.9. The zero-order valence-corrected chi connectivity index (χ0v) is 19.8. The van der Waals surface area contributed by atoms with Gasteiger partial charge in [-0.2, -0.15) is 0 Å². The van der Waals surface area contributed by atoms with E-state index in [-0.39, 0.29) is 23.9 Å². The van der Waals surface area contributed by atoms with E-state index < -0.39 is 12.1 Å². The number of likely N-dealkylation sites (N-methyl/N-ethyl adjacent to an activating group) is 1. The van der Waals surface area contributed by atoms with E-state index in [4.69, 9.17) is 4.74 Å². The average Bonchev–Trinajstić information content (AvgIpc) is 3.46. The molecule has 4 atom stereocenters. The van der Waals surface area contributed by atoms with Gasteiger partial charge in [0, 0.05) is 18.6 Å². The third-order valence-electron chi connectivity index (χ3n) is 5.81. The third-order valence-corrected chi connectivity index (χ3v) is 6.80. The number of quaternary nitrogens is 1. The van der Waals surface area contributed by atoms with Crippen molar-refractivity contribution in [1.29, 1.82) is 0 Å². The normalized spacial score (nSPS) is 18.9. The first kappa shape index (κ1) is 24.1. The van der Waals surface area contributed by atoms with Crippen LogP contribution in [0.5, 0.6) is 0 Å². The van der Waals surface area contributed by atoms with E-state index in [2.05, 4.69) is 20.8 Å². The van der Waals surface area contributed by atoms with Crippen LogP contribution >= 0.6 is 11.8 Å². The predicted octanol–water partition coefficient (Wildman–Crippen LogP) is -0.0833. The van der Waals surface area contributed by atoms with Gasteiger partial charge in [0.25, 0.3) is 5.91 Å². The highest BCUT2D eigenvalue weighted by molar-refractivity contribution is 7.99. The van der Waals surface area contributed by atoms with E-state index in [0.29, 0.717) is 18.2 Å². The Morgan fingerprint density at radius 2 is 2.06 bits per heavy atom. The maximum absolute atomic E-state index is 13.5. The lowest BCUT2D eigenvalue weighted by atomic mass is 10.1. The highest BCUT2D eigenvalue weighted by Crippen LogP contribution is 2.27. The number of carbonyl (C=O) groups is 2. The topological polar surface area (TPSA) is 119 Å². The Bertz CT molecular complexity index is 895. The van der Waals surface area contributed by atoms with Gasteiger partial charge in [0.15, 0.2) is 6.04 Å². The van der Waals surface area contributed by atoms with Crippen molar-refractivity contribution in [3.8, 4) is 0 Å². The van der Waals surface area contributed by atoms with E-state index in [9.17, 15) is 9.59 Å². The maximum atomic E-state index is 13.5. The van der Waals surface area contributed by atoms with E-state index >= 15 is 0 Å². The van der Waals surface area contributed by atoms with Crippen molar-refractivity contribution in [3.63, 3.8) is 0 Å². The largest absolute Gasteiger partial charge is 0.379 e. The molecule has 174 valence electrons. The zero-order chi connectivity index (χ0) is 23.1. The molecule has 0 unspecified atom stereocenters. The summed E-state index contributed by atoms with van der Waals surface area (Å²) in [5, 5.41) is 17.5. The van der Waals surface area contributed by atoms with Gasteiger partial charge in [-0.1, -0.05) is 18.2 Å². The Morgan fingerprint density at radius 3 is 2.75 bits per heavy atom. The number of nitrogens with one attached hydrogen (secondary N) is 1. The van der Waals surface area contributed by atoms with Gasteiger partial charge in [-0.3, -0.25) is 9.59 Å². The monoisotopic (exact) mass is 462 g/mol. The molecule has 1 aliphatic heterocycles. The molecule has 0 aliphatic carbocycles. The number of tetrazole rings is 1. The molecule has 11 heteroatoms. The number of carbonyl (C=O) groups excluding carboxylic acids is 2. The minimum absolute atomic E-state index is 0.0558. The third kappa shape index (κ3) is 5.84. The SMILES string of the molecule is C[NH2+][C@@H](C)C(=O)N[C@H](C(=O)N1CCC[C@H]1Cn1nnnc1Sc1ccccc1)[C@@H](C)OC. The van der Waals surface area contributed by atoms with Gasteiger partial charge in [0.2, 0.25) is 11.1 Å². The molecule has 1 aromatic heterocycles. The molecule has 0 radical (unpaired) electrons. The molecule has 2 aromatic rings. The molecular formula is C21H32N7O3S+. The van der Waals surface area contributed by atoms with Crippen LogP contribution in [-0.2, 0) is 20.9 Å². The Kier molecular flexibility index (Phi) is 8.60. The summed E-state index contributed by atoms with van der Waals surface area (Å²) >= 11 is 1.49. The maximum Gasteiger partial charge on any atom is 0.278 e. The summed E-state index contributed by atoms with van der Waals surface area (Å²) in [5.41, 5.74) is 0. The number of amides is 2. The molecule has 1 aliphatic rings. The average molecular weight is 463 g/mol. The van der Waals surface area contributed by atoms with E-state index in [1.165, 1.54) is 11.8 Å². The Hall–Kier alpha value is -2.50. The second-order valence-corrected chi connectivity index (χ2v) is 8.98. The van der Waals surface area contributed by atoms with Gasteiger partial charge in [0.05, 0.1) is 25.7 Å². The van der Waals surface area contributed by atoms with Crippen LogP contribution in [0.2, 0.25) is 0 Å². The number of aromatic nitrogens is 4.